The minimum Gasteiger partial charge on any atom is -0.481 e. The van der Waals surface area contributed by atoms with Gasteiger partial charge in [-0.05, 0) is 12.0 Å². The van der Waals surface area contributed by atoms with Crippen LogP contribution in [0.2, 0.25) is 0 Å². The number of carbonyl (C=O) groups excluding carboxylic acids is 1. The summed E-state index contributed by atoms with van der Waals surface area (Å²) < 4.78 is 0. The van der Waals surface area contributed by atoms with Crippen LogP contribution in [0.25, 0.3) is 0 Å². The second kappa shape index (κ2) is 10.4. The fourth-order valence-corrected chi connectivity index (χ4v) is 3.42. The first-order chi connectivity index (χ1) is 10.5. The van der Waals surface area contributed by atoms with Crippen LogP contribution in [0.3, 0.4) is 0 Å². The van der Waals surface area contributed by atoms with Crippen LogP contribution in [0, 0.1) is 5.92 Å². The van der Waals surface area contributed by atoms with Crippen molar-refractivity contribution in [2.24, 2.45) is 5.92 Å². The molecular formula is C14H21N3O3S2. The molecule has 0 unspecified atom stereocenters. The van der Waals surface area contributed by atoms with Crippen LogP contribution >= 0.6 is 21.6 Å². The highest BCUT2D eigenvalue weighted by molar-refractivity contribution is 8.76. The lowest BCUT2D eigenvalue weighted by Gasteiger charge is -2.07. The van der Waals surface area contributed by atoms with Gasteiger partial charge in [-0.25, -0.2) is 9.97 Å². The molecule has 1 amide bonds. The molecule has 0 saturated heterocycles. The van der Waals surface area contributed by atoms with Gasteiger partial charge in [0.05, 0.1) is 6.42 Å². The van der Waals surface area contributed by atoms with Gasteiger partial charge in [-0.15, -0.1) is 0 Å². The Kier molecular flexibility index (Phi) is 8.91. The summed E-state index contributed by atoms with van der Waals surface area (Å²) in [5, 5.41) is 11.3. The molecule has 1 heterocycles. The van der Waals surface area contributed by atoms with Gasteiger partial charge < -0.3 is 10.4 Å². The fourth-order valence-electron chi connectivity index (χ4n) is 1.53. The van der Waals surface area contributed by atoms with E-state index in [1.54, 1.807) is 23.1 Å². The minimum atomic E-state index is -0.789. The molecule has 0 fully saturated rings. The lowest BCUT2D eigenvalue weighted by atomic mass is 10.1. The Labute approximate surface area is 138 Å². The highest BCUT2D eigenvalue weighted by atomic mass is 33.1. The maximum atomic E-state index is 12.0. The van der Waals surface area contributed by atoms with Crippen LogP contribution in [0.15, 0.2) is 12.3 Å². The van der Waals surface area contributed by atoms with Crippen molar-refractivity contribution in [2.75, 3.05) is 18.1 Å². The largest absolute Gasteiger partial charge is 0.481 e. The third-order valence-electron chi connectivity index (χ3n) is 2.48. The number of carbonyl (C=O) groups is 2. The van der Waals surface area contributed by atoms with Crippen molar-refractivity contribution < 1.29 is 14.7 Å². The summed E-state index contributed by atoms with van der Waals surface area (Å²) in [4.78, 5) is 30.7. The van der Waals surface area contributed by atoms with Gasteiger partial charge in [0.1, 0.15) is 11.5 Å². The lowest BCUT2D eigenvalue weighted by molar-refractivity contribution is -0.136. The molecule has 0 aromatic carbocycles. The van der Waals surface area contributed by atoms with Crippen LogP contribution in [-0.2, 0) is 11.2 Å². The zero-order valence-electron chi connectivity index (χ0n) is 12.7. The summed E-state index contributed by atoms with van der Waals surface area (Å²) in [6.07, 6.45) is 2.51. The Morgan fingerprint density at radius 1 is 1.32 bits per heavy atom. The van der Waals surface area contributed by atoms with E-state index in [-0.39, 0.29) is 12.3 Å². The van der Waals surface area contributed by atoms with E-state index in [2.05, 4.69) is 29.1 Å². The molecule has 0 aliphatic carbocycles. The number of aromatic nitrogens is 2. The summed E-state index contributed by atoms with van der Waals surface area (Å²) in [5.41, 5.74) is 0.384. The number of hydrogen-bond acceptors (Lipinski definition) is 6. The van der Waals surface area contributed by atoms with Crippen LogP contribution in [0.5, 0.6) is 0 Å². The monoisotopic (exact) mass is 343 g/mol. The van der Waals surface area contributed by atoms with E-state index in [0.717, 1.165) is 12.2 Å². The number of amides is 1. The molecule has 122 valence electrons. The highest BCUT2D eigenvalue weighted by Crippen LogP contribution is 2.20. The first kappa shape index (κ1) is 18.8. The van der Waals surface area contributed by atoms with Gasteiger partial charge in [0, 0.05) is 30.7 Å². The Bertz CT molecular complexity index is 498. The molecule has 0 bridgehead atoms. The second-order valence-electron chi connectivity index (χ2n) is 5.00. The molecule has 1 rings (SSSR count). The topological polar surface area (TPSA) is 92.2 Å². The van der Waals surface area contributed by atoms with E-state index in [1.165, 1.54) is 10.8 Å². The third kappa shape index (κ3) is 8.23. The van der Waals surface area contributed by atoms with Gasteiger partial charge in [0.15, 0.2) is 0 Å². The van der Waals surface area contributed by atoms with Crippen molar-refractivity contribution in [2.45, 2.75) is 26.7 Å². The molecule has 0 aliphatic rings. The summed E-state index contributed by atoms with van der Waals surface area (Å²) in [7, 11) is 3.05. The Balaban J connectivity index is 2.26. The average molecular weight is 343 g/mol. The van der Waals surface area contributed by atoms with E-state index in [1.807, 2.05) is 0 Å². The fraction of sp³-hybridized carbons (Fsp3) is 0.571. The predicted molar refractivity (Wildman–Crippen MR) is 90.1 cm³/mol. The SMILES string of the molecule is CC(C)Cc1nccc(C(=O)NCCSSCCC(=O)O)n1. The summed E-state index contributed by atoms with van der Waals surface area (Å²) in [6.45, 7) is 4.68. The Morgan fingerprint density at radius 2 is 2.05 bits per heavy atom. The Hall–Kier alpha value is -1.28. The number of carboxylic acids is 1. The molecule has 6 nitrogen and oxygen atoms in total. The summed E-state index contributed by atoms with van der Waals surface area (Å²) in [5.74, 6) is 1.42. The molecule has 0 aliphatic heterocycles. The predicted octanol–water partition coefficient (Wildman–Crippen LogP) is 2.26. The molecular weight excluding hydrogens is 322 g/mol. The quantitative estimate of drug-likeness (QED) is 0.497. The second-order valence-corrected chi connectivity index (χ2v) is 7.70. The van der Waals surface area contributed by atoms with E-state index >= 15 is 0 Å². The lowest BCUT2D eigenvalue weighted by Crippen LogP contribution is -2.27. The maximum Gasteiger partial charge on any atom is 0.304 e. The van der Waals surface area contributed by atoms with Gasteiger partial charge in [-0.3, -0.25) is 9.59 Å². The van der Waals surface area contributed by atoms with E-state index in [4.69, 9.17) is 5.11 Å². The van der Waals surface area contributed by atoms with Crippen molar-refractivity contribution in [3.8, 4) is 0 Å². The number of rotatable bonds is 10. The average Bonchev–Trinajstić information content (AvgIpc) is 2.45. The molecule has 8 heteroatoms. The van der Waals surface area contributed by atoms with Gasteiger partial charge in [0.25, 0.3) is 5.91 Å². The minimum absolute atomic E-state index is 0.156. The van der Waals surface area contributed by atoms with Gasteiger partial charge in [-0.2, -0.15) is 0 Å². The number of nitrogens with one attached hydrogen (secondary N) is 1. The summed E-state index contributed by atoms with van der Waals surface area (Å²) in [6, 6.07) is 1.61. The van der Waals surface area contributed by atoms with E-state index < -0.39 is 5.97 Å². The maximum absolute atomic E-state index is 12.0. The number of aliphatic carboxylic acids is 1. The number of nitrogens with zero attached hydrogens (tertiary/aromatic N) is 2. The van der Waals surface area contributed by atoms with Crippen LogP contribution in [-0.4, -0.2) is 45.0 Å². The zero-order valence-corrected chi connectivity index (χ0v) is 14.4. The number of hydrogen-bond donors (Lipinski definition) is 2. The Morgan fingerprint density at radius 3 is 2.73 bits per heavy atom. The third-order valence-corrected chi connectivity index (χ3v) is 4.89. The first-order valence-corrected chi connectivity index (χ1v) is 9.54. The molecule has 22 heavy (non-hydrogen) atoms. The normalized spacial score (nSPS) is 10.7. The van der Waals surface area contributed by atoms with Gasteiger partial charge in [0.2, 0.25) is 0 Å². The van der Waals surface area contributed by atoms with E-state index in [0.29, 0.717) is 29.7 Å². The van der Waals surface area contributed by atoms with Gasteiger partial charge in [-0.1, -0.05) is 35.4 Å². The van der Waals surface area contributed by atoms with E-state index in [9.17, 15) is 9.59 Å². The smallest absolute Gasteiger partial charge is 0.304 e. The molecule has 0 spiro atoms. The van der Waals surface area contributed by atoms with Crippen LogP contribution in [0.1, 0.15) is 36.6 Å². The zero-order chi connectivity index (χ0) is 16.4. The number of carboxylic acid groups (broad SMARTS) is 1. The van der Waals surface area contributed by atoms with Crippen molar-refractivity contribution in [3.63, 3.8) is 0 Å². The van der Waals surface area contributed by atoms with Crippen molar-refractivity contribution >= 4 is 33.5 Å². The highest BCUT2D eigenvalue weighted by Gasteiger charge is 2.09. The molecule has 0 radical (unpaired) electrons. The standard InChI is InChI=1S/C14H21N3O3S2/c1-10(2)9-12-15-5-3-11(17-12)14(20)16-6-8-22-21-7-4-13(18)19/h3,5,10H,4,6-9H2,1-2H3,(H,16,20)(H,18,19). The molecule has 0 saturated carbocycles. The van der Waals surface area contributed by atoms with Crippen molar-refractivity contribution in [3.05, 3.63) is 23.8 Å². The van der Waals surface area contributed by atoms with Crippen LogP contribution < -0.4 is 5.32 Å². The molecule has 0 atom stereocenters. The molecule has 2 N–H and O–H groups in total. The first-order valence-electron chi connectivity index (χ1n) is 7.05. The molecule has 1 aromatic rings. The van der Waals surface area contributed by atoms with Gasteiger partial charge >= 0.3 is 5.97 Å². The van der Waals surface area contributed by atoms with Crippen molar-refractivity contribution in [1.29, 1.82) is 0 Å². The molecule has 1 aromatic heterocycles. The van der Waals surface area contributed by atoms with Crippen LogP contribution in [0.4, 0.5) is 0 Å². The van der Waals surface area contributed by atoms with Crippen molar-refractivity contribution in [1.82, 2.24) is 15.3 Å². The summed E-state index contributed by atoms with van der Waals surface area (Å²) >= 11 is 0.